The first-order valence-corrected chi connectivity index (χ1v) is 12.7. The van der Waals surface area contributed by atoms with E-state index in [1.165, 1.54) is 45.3 Å². The number of likely N-dealkylation sites (tertiary alicyclic amines) is 1. The topological polar surface area (TPSA) is 142 Å². The minimum Gasteiger partial charge on any atom is -0.476 e. The Hall–Kier alpha value is -2.12. The van der Waals surface area contributed by atoms with Crippen LogP contribution >= 0.6 is 23.4 Å². The van der Waals surface area contributed by atoms with E-state index < -0.39 is 60.7 Å². The van der Waals surface area contributed by atoms with Gasteiger partial charge in [0.25, 0.3) is 0 Å². The maximum absolute atomic E-state index is 12.7. The van der Waals surface area contributed by atoms with Gasteiger partial charge in [-0.1, -0.05) is 32.4 Å². The summed E-state index contributed by atoms with van der Waals surface area (Å²) in [5.74, 6) is -3.29. The molecule has 1 fully saturated rings. The number of aliphatic carboxylic acids is 1. The summed E-state index contributed by atoms with van der Waals surface area (Å²) in [6.45, 7) is 6.25. The van der Waals surface area contributed by atoms with E-state index in [0.717, 1.165) is 9.21 Å². The summed E-state index contributed by atoms with van der Waals surface area (Å²) in [6.07, 6.45) is -1.11. The molecular formula is C21H27ClN2O8S2. The summed E-state index contributed by atoms with van der Waals surface area (Å²) in [4.78, 5) is 38.2. The molecule has 0 spiro atoms. The number of benzene rings is 1. The second kappa shape index (κ2) is 10.2. The number of ether oxygens (including phenoxy) is 1. The third-order valence-corrected chi connectivity index (χ3v) is 8.39. The molecule has 0 unspecified atom stereocenters. The monoisotopic (exact) mass is 534 g/mol. The zero-order chi connectivity index (χ0) is 26.2. The zero-order valence-corrected chi connectivity index (χ0v) is 21.9. The van der Waals surface area contributed by atoms with Crippen LogP contribution in [0.4, 0.5) is 0 Å². The molecular weight excluding hydrogens is 508 g/mol. The lowest BCUT2D eigenvalue weighted by Gasteiger charge is -2.44. The molecule has 3 atom stereocenters. The number of aliphatic hydroxyl groups is 1. The van der Waals surface area contributed by atoms with Gasteiger partial charge in [-0.25, -0.2) is 17.5 Å². The fourth-order valence-corrected chi connectivity index (χ4v) is 5.10. The zero-order valence-electron chi connectivity index (χ0n) is 19.5. The molecule has 1 aromatic rings. The second-order valence-electron chi connectivity index (χ2n) is 8.79. The molecule has 34 heavy (non-hydrogen) atoms. The maximum Gasteiger partial charge on any atom is 0.357 e. The Kier molecular flexibility index (Phi) is 8.47. The Morgan fingerprint density at radius 2 is 1.74 bits per heavy atom. The van der Waals surface area contributed by atoms with Crippen molar-refractivity contribution in [3.05, 3.63) is 35.1 Å². The van der Waals surface area contributed by atoms with Gasteiger partial charge < -0.3 is 14.9 Å². The number of hydrogen-bond donors (Lipinski definition) is 2. The molecule has 0 bridgehead atoms. The van der Waals surface area contributed by atoms with Crippen molar-refractivity contribution in [2.24, 2.45) is 11.3 Å². The first kappa shape index (κ1) is 28.1. The first-order chi connectivity index (χ1) is 15.5. The number of carbonyl (C=O) groups excluding carboxylic acids is 2. The lowest BCUT2D eigenvalue weighted by Crippen LogP contribution is -2.62. The van der Waals surface area contributed by atoms with Gasteiger partial charge in [0.15, 0.2) is 10.8 Å². The number of carboxylic acids is 1. The van der Waals surface area contributed by atoms with Gasteiger partial charge in [-0.2, -0.15) is 0 Å². The van der Waals surface area contributed by atoms with Gasteiger partial charge in [0.05, 0.1) is 16.9 Å². The standard InChI is InChI=1S/C21H27ClN2O8S2/c1-11(25)14-16(22)24(17(14)26)15(18(27)28)19(33-20(29)21(2,3)4)32-12-7-9-13(10-8-12)34(30,31)23(5)6/h7-11,14,16,25H,1-6H3,(H,27,28)/t11-,14-,16-/m1/s1. The van der Waals surface area contributed by atoms with Crippen LogP contribution in [-0.2, 0) is 24.4 Å². The van der Waals surface area contributed by atoms with Crippen LogP contribution in [0.2, 0.25) is 0 Å². The smallest absolute Gasteiger partial charge is 0.357 e. The van der Waals surface area contributed by atoms with Crippen molar-refractivity contribution < 1.29 is 37.8 Å². The quantitative estimate of drug-likeness (QED) is 0.169. The highest BCUT2D eigenvalue weighted by Crippen LogP contribution is 2.40. The van der Waals surface area contributed by atoms with Crippen molar-refractivity contribution in [1.29, 1.82) is 0 Å². The fourth-order valence-electron chi connectivity index (χ4n) is 2.79. The van der Waals surface area contributed by atoms with E-state index in [0.29, 0.717) is 11.8 Å². The van der Waals surface area contributed by atoms with Gasteiger partial charge in [-0.05, 0) is 43.0 Å². The van der Waals surface area contributed by atoms with Gasteiger partial charge in [-0.3, -0.25) is 14.5 Å². The number of carboxylic acid groups (broad SMARTS) is 1. The number of rotatable bonds is 8. The first-order valence-electron chi connectivity index (χ1n) is 10.1. The van der Waals surface area contributed by atoms with E-state index in [4.69, 9.17) is 16.3 Å². The molecule has 1 aliphatic heterocycles. The van der Waals surface area contributed by atoms with Crippen LogP contribution in [0, 0.1) is 11.3 Å². The lowest BCUT2D eigenvalue weighted by molar-refractivity contribution is -0.158. The van der Waals surface area contributed by atoms with Crippen LogP contribution in [0.15, 0.2) is 39.9 Å². The number of sulfonamides is 1. The summed E-state index contributed by atoms with van der Waals surface area (Å²) in [5.41, 5.74) is -2.71. The van der Waals surface area contributed by atoms with Gasteiger partial charge in [-0.15, -0.1) is 0 Å². The Labute approximate surface area is 207 Å². The normalized spacial score (nSPS) is 20.5. The molecule has 1 aromatic carbocycles. The molecule has 13 heteroatoms. The number of β-lactam (4-membered cyclic amide) rings is 1. The number of thioether (sulfide) groups is 1. The van der Waals surface area contributed by atoms with Crippen LogP contribution in [-0.4, -0.2) is 70.5 Å². The summed E-state index contributed by atoms with van der Waals surface area (Å²) >= 11 is 6.70. The molecule has 0 aliphatic carbocycles. The van der Waals surface area contributed by atoms with E-state index in [9.17, 15) is 33.0 Å². The van der Waals surface area contributed by atoms with Crippen molar-refractivity contribution in [1.82, 2.24) is 9.21 Å². The number of amides is 1. The summed E-state index contributed by atoms with van der Waals surface area (Å²) in [5, 5.41) is 18.8. The van der Waals surface area contributed by atoms with E-state index in [1.54, 1.807) is 20.8 Å². The molecule has 1 amide bonds. The van der Waals surface area contributed by atoms with E-state index >= 15 is 0 Å². The van der Waals surface area contributed by atoms with E-state index in [1.807, 2.05) is 0 Å². The predicted molar refractivity (Wildman–Crippen MR) is 126 cm³/mol. The van der Waals surface area contributed by atoms with Crippen molar-refractivity contribution >= 4 is 50.4 Å². The minimum absolute atomic E-state index is 0.0224. The van der Waals surface area contributed by atoms with Crippen molar-refractivity contribution in [2.45, 2.75) is 44.2 Å². The average Bonchev–Trinajstić information content (AvgIpc) is 2.70. The third-order valence-electron chi connectivity index (χ3n) is 4.83. The Bertz CT molecular complexity index is 1110. The second-order valence-corrected chi connectivity index (χ2v) is 12.3. The molecule has 1 saturated heterocycles. The summed E-state index contributed by atoms with van der Waals surface area (Å²) < 4.78 is 31.3. The molecule has 0 aromatic heterocycles. The number of hydrogen-bond acceptors (Lipinski definition) is 8. The number of alkyl halides is 1. The van der Waals surface area contributed by atoms with Crippen LogP contribution < -0.4 is 4.74 Å². The van der Waals surface area contributed by atoms with Crippen molar-refractivity contribution in [3.63, 3.8) is 0 Å². The number of nitrogens with zero attached hydrogens (tertiary/aromatic N) is 2. The highest BCUT2D eigenvalue weighted by Gasteiger charge is 2.53. The highest BCUT2D eigenvalue weighted by atomic mass is 35.5. The SMILES string of the molecule is C[C@@H](O)[C@H]1C(=O)N(C(C(=O)O)=C(Oc2ccc(S(=O)(=O)N(C)C)cc2)SC(=O)C(C)(C)C)[C@H]1Cl. The van der Waals surface area contributed by atoms with Crippen LogP contribution in [0.1, 0.15) is 27.7 Å². The van der Waals surface area contributed by atoms with Gasteiger partial charge in [0, 0.05) is 19.5 Å². The molecule has 188 valence electrons. The van der Waals surface area contributed by atoms with Crippen molar-refractivity contribution in [3.8, 4) is 5.75 Å². The summed E-state index contributed by atoms with van der Waals surface area (Å²) in [6, 6.07) is 5.13. The highest BCUT2D eigenvalue weighted by molar-refractivity contribution is 8.16. The van der Waals surface area contributed by atoms with Crippen molar-refractivity contribution in [2.75, 3.05) is 14.1 Å². The molecule has 2 N–H and O–H groups in total. The third kappa shape index (κ3) is 5.74. The number of aliphatic hydroxyl groups excluding tert-OH is 1. The molecule has 0 saturated carbocycles. The Morgan fingerprint density at radius 1 is 1.21 bits per heavy atom. The van der Waals surface area contributed by atoms with Crippen LogP contribution in [0.3, 0.4) is 0 Å². The largest absolute Gasteiger partial charge is 0.476 e. The predicted octanol–water partition coefficient (Wildman–Crippen LogP) is 2.28. The molecule has 2 rings (SSSR count). The van der Waals surface area contributed by atoms with E-state index in [2.05, 4.69) is 0 Å². The fraction of sp³-hybridized carbons (Fsp3) is 0.476. The average molecular weight is 535 g/mol. The van der Waals surface area contributed by atoms with Gasteiger partial charge in [0.2, 0.25) is 21.0 Å². The molecule has 10 nitrogen and oxygen atoms in total. The lowest BCUT2D eigenvalue weighted by atomic mass is 9.92. The van der Waals surface area contributed by atoms with Crippen LogP contribution in [0.5, 0.6) is 5.75 Å². The number of carbonyl (C=O) groups is 3. The maximum atomic E-state index is 12.7. The van der Waals surface area contributed by atoms with Gasteiger partial charge >= 0.3 is 5.97 Å². The molecule has 1 heterocycles. The molecule has 0 radical (unpaired) electrons. The Morgan fingerprint density at radius 3 is 2.12 bits per heavy atom. The van der Waals surface area contributed by atoms with E-state index in [-0.39, 0.29) is 10.6 Å². The number of halogens is 1. The Balaban J connectivity index is 2.54. The van der Waals surface area contributed by atoms with Crippen LogP contribution in [0.25, 0.3) is 0 Å². The summed E-state index contributed by atoms with van der Waals surface area (Å²) in [7, 11) is -0.956. The molecule has 1 aliphatic rings. The van der Waals surface area contributed by atoms with Gasteiger partial charge in [0.1, 0.15) is 11.3 Å². The minimum atomic E-state index is -3.71.